The highest BCUT2D eigenvalue weighted by Crippen LogP contribution is 2.37. The van der Waals surface area contributed by atoms with E-state index >= 15 is 0 Å². The molecule has 7 nitrogen and oxygen atoms in total. The van der Waals surface area contributed by atoms with Gasteiger partial charge in [-0.25, -0.2) is 4.98 Å². The predicted molar refractivity (Wildman–Crippen MR) is 118 cm³/mol. The second kappa shape index (κ2) is 9.08. The van der Waals surface area contributed by atoms with Crippen molar-refractivity contribution >= 4 is 39.1 Å². The van der Waals surface area contributed by atoms with Gasteiger partial charge in [-0.05, 0) is 44.2 Å². The van der Waals surface area contributed by atoms with Gasteiger partial charge >= 0.3 is 5.97 Å². The number of aryl methyl sites for hydroxylation is 3. The van der Waals surface area contributed by atoms with Gasteiger partial charge in [0.25, 0.3) is 5.56 Å². The second-order valence-corrected chi connectivity index (χ2v) is 8.68. The molecule has 0 unspecified atom stereocenters. The summed E-state index contributed by atoms with van der Waals surface area (Å²) >= 11 is 7.78. The molecule has 0 radical (unpaired) electrons. The van der Waals surface area contributed by atoms with Crippen LogP contribution in [-0.4, -0.2) is 22.1 Å². The number of rotatable bonds is 6. The lowest BCUT2D eigenvalue weighted by Crippen LogP contribution is -2.23. The maximum Gasteiger partial charge on any atom is 0.313 e. The monoisotopic (exact) mass is 457 g/mol. The summed E-state index contributed by atoms with van der Waals surface area (Å²) in [6, 6.07) is 4.87. The Morgan fingerprint density at radius 1 is 1.35 bits per heavy atom. The first kappa shape index (κ1) is 21.3. The number of nitrogens with zero attached hydrogens (tertiary/aromatic N) is 3. The van der Waals surface area contributed by atoms with E-state index in [1.54, 1.807) is 18.3 Å². The molecule has 2 aromatic heterocycles. The van der Waals surface area contributed by atoms with Gasteiger partial charge in [-0.15, -0.1) is 11.3 Å². The Morgan fingerprint density at radius 2 is 2.16 bits per heavy atom. The van der Waals surface area contributed by atoms with E-state index < -0.39 is 5.97 Å². The molecule has 1 aliphatic carbocycles. The summed E-state index contributed by atoms with van der Waals surface area (Å²) in [6.07, 6.45) is 5.56. The number of hydrogen-bond acceptors (Lipinski definition) is 7. The van der Waals surface area contributed by atoms with Gasteiger partial charge < -0.3 is 9.47 Å². The Kier molecular flexibility index (Phi) is 6.25. The van der Waals surface area contributed by atoms with Crippen LogP contribution < -0.4 is 15.0 Å². The van der Waals surface area contributed by atoms with Crippen LogP contribution in [0.2, 0.25) is 5.02 Å². The maximum absolute atomic E-state index is 13.0. The molecule has 0 amide bonds. The molecular formula is C22H20ClN3O4S. The standard InChI is InChI=1S/C22H20ClN3O4S/c1-2-29-16-10-13(11-24)9-15(23)20(16)30-18(27)7-8-26-12-25-21-19(22(26)28)14-5-3-4-6-17(14)31-21/h9-10,12H,2-8H2,1H3. The van der Waals surface area contributed by atoms with E-state index in [0.717, 1.165) is 36.1 Å². The van der Waals surface area contributed by atoms with E-state index in [4.69, 9.17) is 26.3 Å². The molecule has 3 aromatic rings. The molecule has 0 spiro atoms. The van der Waals surface area contributed by atoms with Gasteiger partial charge in [-0.1, -0.05) is 11.6 Å². The molecular weight excluding hydrogens is 438 g/mol. The Bertz CT molecular complexity index is 1260. The van der Waals surface area contributed by atoms with E-state index in [1.165, 1.54) is 27.9 Å². The number of aromatic nitrogens is 2. The molecule has 2 heterocycles. The molecule has 31 heavy (non-hydrogen) atoms. The summed E-state index contributed by atoms with van der Waals surface area (Å²) in [6.45, 7) is 2.24. The zero-order valence-electron chi connectivity index (χ0n) is 16.9. The van der Waals surface area contributed by atoms with Crippen molar-refractivity contribution < 1.29 is 14.3 Å². The molecule has 1 aromatic carbocycles. The quantitative estimate of drug-likeness (QED) is 0.405. The molecule has 0 saturated heterocycles. The number of nitriles is 1. The lowest BCUT2D eigenvalue weighted by molar-refractivity contribution is -0.134. The molecule has 0 N–H and O–H groups in total. The van der Waals surface area contributed by atoms with Crippen molar-refractivity contribution in [1.29, 1.82) is 5.26 Å². The number of carbonyl (C=O) groups excluding carboxylic acids is 1. The van der Waals surface area contributed by atoms with Gasteiger partial charge in [-0.2, -0.15) is 5.26 Å². The largest absolute Gasteiger partial charge is 0.490 e. The Balaban J connectivity index is 1.52. The summed E-state index contributed by atoms with van der Waals surface area (Å²) in [4.78, 5) is 31.9. The van der Waals surface area contributed by atoms with Crippen LogP contribution in [0.15, 0.2) is 23.3 Å². The van der Waals surface area contributed by atoms with Crippen LogP contribution >= 0.6 is 22.9 Å². The third-order valence-electron chi connectivity index (χ3n) is 5.15. The van der Waals surface area contributed by atoms with Crippen molar-refractivity contribution in [2.45, 2.75) is 45.6 Å². The SMILES string of the molecule is CCOc1cc(C#N)cc(Cl)c1OC(=O)CCn1cnc2sc3c(c2c1=O)CCCC3. The average molecular weight is 458 g/mol. The van der Waals surface area contributed by atoms with Crippen molar-refractivity contribution in [3.05, 3.63) is 49.8 Å². The van der Waals surface area contributed by atoms with Gasteiger partial charge in [0.05, 0.1) is 41.4 Å². The molecule has 9 heteroatoms. The maximum atomic E-state index is 13.0. The van der Waals surface area contributed by atoms with E-state index in [2.05, 4.69) is 4.98 Å². The number of esters is 1. The minimum absolute atomic E-state index is 0.0404. The molecule has 0 fully saturated rings. The Morgan fingerprint density at radius 3 is 2.94 bits per heavy atom. The molecule has 0 bridgehead atoms. The number of hydrogen-bond donors (Lipinski definition) is 0. The summed E-state index contributed by atoms with van der Waals surface area (Å²) in [5.74, 6) is -0.266. The van der Waals surface area contributed by atoms with Gasteiger partial charge in [0, 0.05) is 17.5 Å². The van der Waals surface area contributed by atoms with Crippen molar-refractivity contribution in [2.75, 3.05) is 6.61 Å². The topological polar surface area (TPSA) is 94.2 Å². The summed E-state index contributed by atoms with van der Waals surface area (Å²) in [5.41, 5.74) is 1.30. The summed E-state index contributed by atoms with van der Waals surface area (Å²) in [7, 11) is 0. The van der Waals surface area contributed by atoms with Gasteiger partial charge in [0.1, 0.15) is 4.83 Å². The van der Waals surface area contributed by atoms with E-state index in [1.807, 2.05) is 6.07 Å². The summed E-state index contributed by atoms with van der Waals surface area (Å²) < 4.78 is 12.3. The third kappa shape index (κ3) is 4.29. The number of thiophene rings is 1. The predicted octanol–water partition coefficient (Wildman–Crippen LogP) is 4.26. The fourth-order valence-corrected chi connectivity index (χ4v) is 5.18. The van der Waals surface area contributed by atoms with Crippen LogP contribution in [0.1, 0.15) is 42.2 Å². The second-order valence-electron chi connectivity index (χ2n) is 7.19. The van der Waals surface area contributed by atoms with Crippen LogP contribution in [0.5, 0.6) is 11.5 Å². The average Bonchev–Trinajstić information content (AvgIpc) is 3.15. The van der Waals surface area contributed by atoms with Crippen LogP contribution in [-0.2, 0) is 24.2 Å². The zero-order chi connectivity index (χ0) is 22.0. The van der Waals surface area contributed by atoms with Crippen molar-refractivity contribution in [3.63, 3.8) is 0 Å². The number of carbonyl (C=O) groups is 1. The highest BCUT2D eigenvalue weighted by Gasteiger charge is 2.21. The van der Waals surface area contributed by atoms with Crippen molar-refractivity contribution in [1.82, 2.24) is 9.55 Å². The number of fused-ring (bicyclic) bond motifs is 3. The van der Waals surface area contributed by atoms with E-state index in [-0.39, 0.29) is 35.0 Å². The fourth-order valence-electron chi connectivity index (χ4n) is 3.71. The lowest BCUT2D eigenvalue weighted by atomic mass is 9.97. The third-order valence-corrected chi connectivity index (χ3v) is 6.63. The highest BCUT2D eigenvalue weighted by atomic mass is 35.5. The normalized spacial score (nSPS) is 12.9. The number of halogens is 1. The minimum Gasteiger partial charge on any atom is -0.490 e. The van der Waals surface area contributed by atoms with Crippen molar-refractivity contribution in [2.24, 2.45) is 0 Å². The van der Waals surface area contributed by atoms with E-state index in [9.17, 15) is 9.59 Å². The number of ether oxygens (including phenoxy) is 2. The number of benzene rings is 1. The van der Waals surface area contributed by atoms with Gasteiger partial charge in [0.15, 0.2) is 11.5 Å². The molecule has 0 atom stereocenters. The first-order valence-corrected chi connectivity index (χ1v) is 11.3. The Labute approximate surface area is 187 Å². The molecule has 4 rings (SSSR count). The van der Waals surface area contributed by atoms with Crippen LogP contribution in [0.3, 0.4) is 0 Å². The smallest absolute Gasteiger partial charge is 0.313 e. The van der Waals surface area contributed by atoms with Crippen LogP contribution in [0, 0.1) is 11.3 Å². The first-order chi connectivity index (χ1) is 15.0. The van der Waals surface area contributed by atoms with Crippen molar-refractivity contribution in [3.8, 4) is 17.6 Å². The molecule has 1 aliphatic rings. The van der Waals surface area contributed by atoms with Crippen LogP contribution in [0.4, 0.5) is 0 Å². The highest BCUT2D eigenvalue weighted by molar-refractivity contribution is 7.18. The molecule has 0 saturated carbocycles. The van der Waals surface area contributed by atoms with Gasteiger partial charge in [0.2, 0.25) is 0 Å². The summed E-state index contributed by atoms with van der Waals surface area (Å²) in [5, 5.41) is 9.88. The van der Waals surface area contributed by atoms with Crippen LogP contribution in [0.25, 0.3) is 10.2 Å². The lowest BCUT2D eigenvalue weighted by Gasteiger charge is -2.13. The molecule has 160 valence electrons. The van der Waals surface area contributed by atoms with Gasteiger partial charge in [-0.3, -0.25) is 14.2 Å². The Hall–Kier alpha value is -2.89. The zero-order valence-corrected chi connectivity index (χ0v) is 18.5. The van der Waals surface area contributed by atoms with E-state index in [0.29, 0.717) is 17.6 Å². The minimum atomic E-state index is -0.563. The molecule has 0 aliphatic heterocycles. The fraction of sp³-hybridized carbons (Fsp3) is 0.364. The first-order valence-electron chi connectivity index (χ1n) is 10.1.